The molecule has 0 spiro atoms. The summed E-state index contributed by atoms with van der Waals surface area (Å²) in [6.45, 7) is 0. The smallest absolute Gasteiger partial charge is 0.0468 e. The van der Waals surface area contributed by atoms with Crippen LogP contribution >= 0.6 is 0 Å². The molecule has 0 aliphatic heterocycles. The third kappa shape index (κ3) is 11.0. The number of hydrogen-bond donors (Lipinski definition) is 0. The van der Waals surface area contributed by atoms with E-state index < -0.39 is 0 Å². The van der Waals surface area contributed by atoms with E-state index in [2.05, 4.69) is 390 Å². The average molecular weight is 1150 g/mol. The van der Waals surface area contributed by atoms with Gasteiger partial charge in [-0.2, -0.15) is 0 Å². The monoisotopic (exact) mass is 1150 g/mol. The number of anilines is 11. The van der Waals surface area contributed by atoms with E-state index in [1.807, 2.05) is 0 Å². The molecular formula is C86H64N4. The Bertz CT molecular complexity index is 4640. The molecule has 15 rings (SSSR count). The van der Waals surface area contributed by atoms with Gasteiger partial charge in [-0.25, -0.2) is 0 Å². The van der Waals surface area contributed by atoms with E-state index in [9.17, 15) is 0 Å². The standard InChI is InChI=1S/C86H64N4/c1-9-25-69(26-10-1)87(70-27-11-2-12-28-70)77-53-49-65(50-54-77)63-41-45-67(46-42-63)85-81-59-57-80(90(75-37-21-7-22-38-75)76-39-23-8-24-40-76)62-84(81)86(82-60-58-79(61-83(82)85)89(73-33-17-5-18-34-73)74-35-19-6-20-36-74)68-47-43-64(44-48-68)66-51-55-78(56-52-66)88(71-29-13-3-14-30-71)72-31-15-4-16-32-72/h1-51,53-62,66H,52H2. The molecule has 0 N–H and O–H groups in total. The quantitative estimate of drug-likeness (QED) is 0.0894. The molecule has 4 heteroatoms. The molecule has 1 aliphatic rings. The molecule has 14 aromatic rings. The first-order valence-electron chi connectivity index (χ1n) is 31.0. The Hall–Kier alpha value is -11.7. The van der Waals surface area contributed by atoms with Crippen LogP contribution in [-0.2, 0) is 0 Å². The number of para-hydroxylation sites is 8. The van der Waals surface area contributed by atoms with Gasteiger partial charge in [0.25, 0.3) is 0 Å². The highest BCUT2D eigenvalue weighted by molar-refractivity contribution is 6.23. The van der Waals surface area contributed by atoms with Gasteiger partial charge in [-0.05, 0) is 206 Å². The lowest BCUT2D eigenvalue weighted by Gasteiger charge is -2.29. The van der Waals surface area contributed by atoms with E-state index in [-0.39, 0.29) is 5.92 Å². The van der Waals surface area contributed by atoms with Gasteiger partial charge >= 0.3 is 0 Å². The van der Waals surface area contributed by atoms with Crippen molar-refractivity contribution in [1.29, 1.82) is 0 Å². The molecule has 428 valence electrons. The summed E-state index contributed by atoms with van der Waals surface area (Å²) in [6, 6.07) is 127. The molecule has 14 aromatic carbocycles. The van der Waals surface area contributed by atoms with E-state index >= 15 is 0 Å². The minimum absolute atomic E-state index is 0.215. The fourth-order valence-corrected chi connectivity index (χ4v) is 13.1. The second kappa shape index (κ2) is 24.9. The molecule has 1 unspecified atom stereocenters. The van der Waals surface area contributed by atoms with E-state index in [0.717, 1.165) is 91.2 Å². The SMILES string of the molecule is C1=CC(c2ccc(-c3c4ccc(N(c5ccccc5)c5ccccc5)cc4c(-c4ccc(-c5ccc(N(c6ccccc6)c6ccccc6)cc5)cc4)c4ccc(N(c5ccccc5)c5ccccc5)cc34)cc2)CC=C1N(c1ccccc1)c1ccccc1. The molecule has 1 atom stereocenters. The Morgan fingerprint density at radius 3 is 0.811 bits per heavy atom. The number of nitrogens with zero attached hydrogens (tertiary/aromatic N) is 4. The van der Waals surface area contributed by atoms with E-state index in [1.165, 1.54) is 43.9 Å². The van der Waals surface area contributed by atoms with E-state index in [1.54, 1.807) is 0 Å². The van der Waals surface area contributed by atoms with Gasteiger partial charge < -0.3 is 19.6 Å². The maximum Gasteiger partial charge on any atom is 0.0468 e. The fourth-order valence-electron chi connectivity index (χ4n) is 13.1. The van der Waals surface area contributed by atoms with Crippen molar-refractivity contribution in [2.75, 3.05) is 19.6 Å². The van der Waals surface area contributed by atoms with Crippen molar-refractivity contribution >= 4 is 84.1 Å². The first-order chi connectivity index (χ1) is 44.7. The molecule has 0 radical (unpaired) electrons. The predicted octanol–water partition coefficient (Wildman–Crippen LogP) is 24.2. The normalized spacial score (nSPS) is 12.8. The van der Waals surface area contributed by atoms with Gasteiger partial charge in [0.1, 0.15) is 0 Å². The van der Waals surface area contributed by atoms with Gasteiger partial charge in [-0.1, -0.05) is 231 Å². The number of fused-ring (bicyclic) bond motifs is 2. The Kier molecular flexibility index (Phi) is 15.2. The Morgan fingerprint density at radius 2 is 0.489 bits per heavy atom. The zero-order chi connectivity index (χ0) is 60.0. The van der Waals surface area contributed by atoms with Gasteiger partial charge in [0.2, 0.25) is 0 Å². The summed E-state index contributed by atoms with van der Waals surface area (Å²) in [5.74, 6) is 0.215. The number of hydrogen-bond acceptors (Lipinski definition) is 4. The zero-order valence-corrected chi connectivity index (χ0v) is 49.8. The highest BCUT2D eigenvalue weighted by Crippen LogP contribution is 2.49. The van der Waals surface area contributed by atoms with Crippen LogP contribution in [0.5, 0.6) is 0 Å². The fraction of sp³-hybridized carbons (Fsp3) is 0.0233. The number of benzene rings is 14. The Labute approximate surface area is 527 Å². The maximum absolute atomic E-state index is 2.43. The van der Waals surface area contributed by atoms with Crippen LogP contribution in [-0.4, -0.2) is 0 Å². The second-order valence-electron chi connectivity index (χ2n) is 22.8. The third-order valence-corrected chi connectivity index (χ3v) is 17.3. The van der Waals surface area contributed by atoms with Crippen molar-refractivity contribution < 1.29 is 0 Å². The van der Waals surface area contributed by atoms with Crippen molar-refractivity contribution in [3.63, 3.8) is 0 Å². The molecule has 0 aromatic heterocycles. The van der Waals surface area contributed by atoms with Gasteiger partial charge in [-0.3, -0.25) is 0 Å². The van der Waals surface area contributed by atoms with Crippen molar-refractivity contribution in [1.82, 2.24) is 0 Å². The van der Waals surface area contributed by atoms with Crippen molar-refractivity contribution in [3.05, 3.63) is 381 Å². The molecule has 90 heavy (non-hydrogen) atoms. The number of allylic oxidation sites excluding steroid dienone is 3. The number of rotatable bonds is 16. The van der Waals surface area contributed by atoms with Gasteiger partial charge in [-0.15, -0.1) is 0 Å². The van der Waals surface area contributed by atoms with Crippen LogP contribution in [0.1, 0.15) is 17.9 Å². The van der Waals surface area contributed by atoms with Crippen LogP contribution in [0.4, 0.5) is 62.6 Å². The van der Waals surface area contributed by atoms with Crippen LogP contribution in [0.2, 0.25) is 0 Å². The molecule has 0 heterocycles. The summed E-state index contributed by atoms with van der Waals surface area (Å²) >= 11 is 0. The Morgan fingerprint density at radius 1 is 0.222 bits per heavy atom. The van der Waals surface area contributed by atoms with Crippen molar-refractivity contribution in [3.8, 4) is 33.4 Å². The van der Waals surface area contributed by atoms with Gasteiger partial charge in [0.05, 0.1) is 0 Å². The molecular weight excluding hydrogens is 1090 g/mol. The largest absolute Gasteiger partial charge is 0.311 e. The highest BCUT2D eigenvalue weighted by Gasteiger charge is 2.24. The Balaban J connectivity index is 0.891. The summed E-state index contributed by atoms with van der Waals surface area (Å²) in [4.78, 5) is 9.42. The first kappa shape index (κ1) is 54.9. The van der Waals surface area contributed by atoms with Crippen LogP contribution in [0.15, 0.2) is 376 Å². The van der Waals surface area contributed by atoms with Crippen LogP contribution < -0.4 is 19.6 Å². The molecule has 0 amide bonds. The highest BCUT2D eigenvalue weighted by atomic mass is 15.2. The summed E-state index contributed by atoms with van der Waals surface area (Å²) < 4.78 is 0. The maximum atomic E-state index is 2.43. The third-order valence-electron chi connectivity index (χ3n) is 17.3. The molecule has 1 aliphatic carbocycles. The zero-order valence-electron chi connectivity index (χ0n) is 49.8. The summed E-state index contributed by atoms with van der Waals surface area (Å²) in [7, 11) is 0. The summed E-state index contributed by atoms with van der Waals surface area (Å²) in [5, 5.41) is 4.68. The van der Waals surface area contributed by atoms with Gasteiger partial charge in [0, 0.05) is 74.2 Å². The van der Waals surface area contributed by atoms with Crippen molar-refractivity contribution in [2.24, 2.45) is 0 Å². The van der Waals surface area contributed by atoms with Crippen LogP contribution in [0, 0.1) is 0 Å². The second-order valence-corrected chi connectivity index (χ2v) is 22.8. The van der Waals surface area contributed by atoms with Crippen LogP contribution in [0.25, 0.3) is 54.9 Å². The predicted molar refractivity (Wildman–Crippen MR) is 381 cm³/mol. The minimum atomic E-state index is 0.215. The first-order valence-corrected chi connectivity index (χ1v) is 31.0. The molecule has 4 nitrogen and oxygen atoms in total. The molecule has 0 saturated heterocycles. The summed E-state index contributed by atoms with van der Waals surface area (Å²) in [6.07, 6.45) is 7.96. The molecule has 0 fully saturated rings. The van der Waals surface area contributed by atoms with E-state index in [0.29, 0.717) is 0 Å². The van der Waals surface area contributed by atoms with Gasteiger partial charge in [0.15, 0.2) is 0 Å². The lowest BCUT2D eigenvalue weighted by atomic mass is 9.84. The molecule has 0 bridgehead atoms. The lowest BCUT2D eigenvalue weighted by Crippen LogP contribution is -2.17. The van der Waals surface area contributed by atoms with Crippen LogP contribution in [0.3, 0.4) is 0 Å². The average Bonchev–Trinajstić information content (AvgIpc) is 0.948. The summed E-state index contributed by atoms with van der Waals surface area (Å²) in [5.41, 5.74) is 21.5. The topological polar surface area (TPSA) is 13.0 Å². The van der Waals surface area contributed by atoms with E-state index in [4.69, 9.17) is 0 Å². The molecule has 0 saturated carbocycles. The van der Waals surface area contributed by atoms with Crippen molar-refractivity contribution in [2.45, 2.75) is 12.3 Å². The minimum Gasteiger partial charge on any atom is -0.311 e. The lowest BCUT2D eigenvalue weighted by molar-refractivity contribution is 0.840.